The fraction of sp³-hybridized carbons (Fsp3) is 0.462. The Morgan fingerprint density at radius 1 is 1.24 bits per heavy atom. The summed E-state index contributed by atoms with van der Waals surface area (Å²) < 4.78 is 0. The van der Waals surface area contributed by atoms with E-state index >= 15 is 0 Å². The Bertz CT molecular complexity index is 321. The number of benzene rings is 1. The van der Waals surface area contributed by atoms with Gasteiger partial charge in [0.2, 0.25) is 0 Å². The topological polar surface area (TPSA) is 50.4 Å². The van der Waals surface area contributed by atoms with Gasteiger partial charge in [-0.2, -0.15) is 0 Å². The maximum Gasteiger partial charge on any atom is 0.193 e. The zero-order valence-corrected chi connectivity index (χ0v) is 12.8. The lowest BCUT2D eigenvalue weighted by Gasteiger charge is -2.10. The summed E-state index contributed by atoms with van der Waals surface area (Å²) in [6.07, 6.45) is 2.30. The minimum Gasteiger partial charge on any atom is -0.370 e. The highest BCUT2D eigenvalue weighted by atomic mass is 127. The second-order valence-electron chi connectivity index (χ2n) is 3.90. The molecule has 0 saturated heterocycles. The first-order valence-electron chi connectivity index (χ1n) is 5.88. The van der Waals surface area contributed by atoms with E-state index in [-0.39, 0.29) is 24.0 Å². The van der Waals surface area contributed by atoms with Gasteiger partial charge in [0.25, 0.3) is 0 Å². The minimum absolute atomic E-state index is 0. The number of para-hydroxylation sites is 1. The number of guanidine groups is 1. The molecular weight excluding hydrogens is 325 g/mol. The summed E-state index contributed by atoms with van der Waals surface area (Å²) >= 11 is 0. The zero-order valence-electron chi connectivity index (χ0n) is 10.5. The predicted molar refractivity (Wildman–Crippen MR) is 86.0 cm³/mol. The van der Waals surface area contributed by atoms with E-state index < -0.39 is 0 Å². The third-order valence-corrected chi connectivity index (χ3v) is 2.72. The molecule has 0 aliphatic carbocycles. The molecule has 0 amide bonds. The van der Waals surface area contributed by atoms with Crippen molar-refractivity contribution < 1.29 is 0 Å². The van der Waals surface area contributed by atoms with Crippen LogP contribution >= 0.6 is 24.0 Å². The van der Waals surface area contributed by atoms with Crippen molar-refractivity contribution in [2.75, 3.05) is 11.9 Å². The lowest BCUT2D eigenvalue weighted by atomic mass is 10.0. The fourth-order valence-electron chi connectivity index (χ4n) is 1.48. The number of hydrogen-bond donors (Lipinski definition) is 2. The van der Waals surface area contributed by atoms with E-state index in [1.54, 1.807) is 0 Å². The standard InChI is InChI=1S/C13H21N3.HI/c1-3-11(4-2)10-15-13(14)16-12-8-6-5-7-9-12;/h5-9,11H,3-4,10H2,1-2H3,(H3,14,15,16);1H. The zero-order chi connectivity index (χ0) is 11.8. The first-order chi connectivity index (χ1) is 7.76. The molecule has 1 rings (SSSR count). The Kier molecular flexibility index (Phi) is 8.85. The quantitative estimate of drug-likeness (QED) is 0.487. The fourth-order valence-corrected chi connectivity index (χ4v) is 1.48. The Morgan fingerprint density at radius 3 is 2.35 bits per heavy atom. The van der Waals surface area contributed by atoms with Crippen LogP contribution in [0, 0.1) is 5.92 Å². The molecular formula is C13H22IN3. The molecule has 4 heteroatoms. The monoisotopic (exact) mass is 347 g/mol. The van der Waals surface area contributed by atoms with Crippen LogP contribution in [0.1, 0.15) is 26.7 Å². The molecule has 1 aromatic rings. The highest BCUT2D eigenvalue weighted by Crippen LogP contribution is 2.08. The van der Waals surface area contributed by atoms with Crippen LogP contribution in [0.5, 0.6) is 0 Å². The number of nitrogens with zero attached hydrogens (tertiary/aromatic N) is 1. The third kappa shape index (κ3) is 6.51. The molecule has 1 aromatic carbocycles. The number of halogens is 1. The number of rotatable bonds is 5. The molecule has 0 aliphatic rings. The Balaban J connectivity index is 0.00000256. The number of nitrogens with one attached hydrogen (secondary N) is 1. The molecule has 96 valence electrons. The maximum absolute atomic E-state index is 5.80. The smallest absolute Gasteiger partial charge is 0.193 e. The molecule has 0 fully saturated rings. The van der Waals surface area contributed by atoms with Gasteiger partial charge in [-0.3, -0.25) is 4.99 Å². The average molecular weight is 347 g/mol. The lowest BCUT2D eigenvalue weighted by Crippen LogP contribution is -2.23. The Labute approximate surface area is 121 Å². The number of aliphatic imine (C=N–C) groups is 1. The summed E-state index contributed by atoms with van der Waals surface area (Å²) in [5.41, 5.74) is 6.78. The van der Waals surface area contributed by atoms with E-state index in [0.29, 0.717) is 11.9 Å². The molecule has 0 heterocycles. The molecule has 0 radical (unpaired) electrons. The van der Waals surface area contributed by atoms with Gasteiger partial charge in [-0.25, -0.2) is 0 Å². The van der Waals surface area contributed by atoms with Crippen LogP contribution in [0.4, 0.5) is 5.69 Å². The lowest BCUT2D eigenvalue weighted by molar-refractivity contribution is 0.506. The van der Waals surface area contributed by atoms with Crippen molar-refractivity contribution in [3.63, 3.8) is 0 Å². The van der Waals surface area contributed by atoms with Crippen LogP contribution in [0.2, 0.25) is 0 Å². The molecule has 0 spiro atoms. The van der Waals surface area contributed by atoms with Gasteiger partial charge in [-0.15, -0.1) is 24.0 Å². The average Bonchev–Trinajstić information content (AvgIpc) is 2.31. The van der Waals surface area contributed by atoms with E-state index in [9.17, 15) is 0 Å². The van der Waals surface area contributed by atoms with Gasteiger partial charge in [0.15, 0.2) is 5.96 Å². The van der Waals surface area contributed by atoms with Crippen LogP contribution < -0.4 is 11.1 Å². The molecule has 0 aliphatic heterocycles. The molecule has 3 N–H and O–H groups in total. The molecule has 0 bridgehead atoms. The predicted octanol–water partition coefficient (Wildman–Crippen LogP) is 3.47. The van der Waals surface area contributed by atoms with Gasteiger partial charge < -0.3 is 11.1 Å². The van der Waals surface area contributed by atoms with Crippen LogP contribution in [-0.4, -0.2) is 12.5 Å². The number of nitrogens with two attached hydrogens (primary N) is 1. The summed E-state index contributed by atoms with van der Waals surface area (Å²) in [7, 11) is 0. The van der Waals surface area contributed by atoms with Gasteiger partial charge in [0.1, 0.15) is 0 Å². The summed E-state index contributed by atoms with van der Waals surface area (Å²) in [6, 6.07) is 9.86. The first-order valence-corrected chi connectivity index (χ1v) is 5.88. The maximum atomic E-state index is 5.80. The van der Waals surface area contributed by atoms with Gasteiger partial charge in [-0.1, -0.05) is 44.9 Å². The first kappa shape index (κ1) is 16.2. The van der Waals surface area contributed by atoms with Gasteiger partial charge in [-0.05, 0) is 18.1 Å². The summed E-state index contributed by atoms with van der Waals surface area (Å²) in [5.74, 6) is 1.13. The summed E-state index contributed by atoms with van der Waals surface area (Å²) in [4.78, 5) is 4.34. The third-order valence-electron chi connectivity index (χ3n) is 2.72. The van der Waals surface area contributed by atoms with Gasteiger partial charge in [0, 0.05) is 12.2 Å². The molecule has 0 aromatic heterocycles. The van der Waals surface area contributed by atoms with Crippen molar-refractivity contribution in [3.05, 3.63) is 30.3 Å². The summed E-state index contributed by atoms with van der Waals surface area (Å²) in [6.45, 7) is 5.17. The van der Waals surface area contributed by atoms with E-state index in [4.69, 9.17) is 5.73 Å². The Hall–Kier alpha value is -0.780. The second kappa shape index (κ2) is 9.27. The van der Waals surface area contributed by atoms with Crippen molar-refractivity contribution in [1.29, 1.82) is 0 Å². The SMILES string of the molecule is CCC(CC)CN=C(N)Nc1ccccc1.I. The van der Waals surface area contributed by atoms with E-state index in [1.165, 1.54) is 0 Å². The highest BCUT2D eigenvalue weighted by molar-refractivity contribution is 14.0. The van der Waals surface area contributed by atoms with E-state index in [0.717, 1.165) is 25.1 Å². The van der Waals surface area contributed by atoms with Crippen molar-refractivity contribution in [2.24, 2.45) is 16.6 Å². The molecule has 0 saturated carbocycles. The largest absolute Gasteiger partial charge is 0.370 e. The minimum atomic E-state index is 0. The number of hydrogen-bond acceptors (Lipinski definition) is 1. The van der Waals surface area contributed by atoms with Gasteiger partial charge >= 0.3 is 0 Å². The van der Waals surface area contributed by atoms with Crippen LogP contribution in [0.3, 0.4) is 0 Å². The van der Waals surface area contributed by atoms with E-state index in [2.05, 4.69) is 24.2 Å². The van der Waals surface area contributed by atoms with Crippen LogP contribution in [0.15, 0.2) is 35.3 Å². The van der Waals surface area contributed by atoms with Crippen LogP contribution in [0.25, 0.3) is 0 Å². The van der Waals surface area contributed by atoms with E-state index in [1.807, 2.05) is 30.3 Å². The van der Waals surface area contributed by atoms with Gasteiger partial charge in [0.05, 0.1) is 0 Å². The molecule has 17 heavy (non-hydrogen) atoms. The highest BCUT2D eigenvalue weighted by Gasteiger charge is 2.02. The Morgan fingerprint density at radius 2 is 1.82 bits per heavy atom. The molecule has 0 atom stereocenters. The normalized spacial score (nSPS) is 11.1. The second-order valence-corrected chi connectivity index (χ2v) is 3.90. The van der Waals surface area contributed by atoms with Crippen molar-refractivity contribution in [3.8, 4) is 0 Å². The molecule has 3 nitrogen and oxygen atoms in total. The van der Waals surface area contributed by atoms with Crippen molar-refractivity contribution in [1.82, 2.24) is 0 Å². The molecule has 0 unspecified atom stereocenters. The van der Waals surface area contributed by atoms with Crippen LogP contribution in [-0.2, 0) is 0 Å². The summed E-state index contributed by atoms with van der Waals surface area (Å²) in [5, 5.41) is 3.07. The van der Waals surface area contributed by atoms with Crippen molar-refractivity contribution in [2.45, 2.75) is 26.7 Å². The number of anilines is 1. The van der Waals surface area contributed by atoms with Crippen molar-refractivity contribution >= 4 is 35.6 Å².